The van der Waals surface area contributed by atoms with E-state index in [4.69, 9.17) is 23.2 Å². The zero-order valence-electron chi connectivity index (χ0n) is 6.20. The minimum absolute atomic E-state index is 0.0497. The molecule has 0 N–H and O–H groups in total. The van der Waals surface area contributed by atoms with E-state index in [1.165, 1.54) is 6.92 Å². The maximum atomic E-state index is 10.9. The first kappa shape index (κ1) is 10.0. The third kappa shape index (κ3) is 2.00. The number of hydrogen-bond donors (Lipinski definition) is 0. The van der Waals surface area contributed by atoms with Crippen molar-refractivity contribution >= 4 is 44.9 Å². The van der Waals surface area contributed by atoms with Crippen LogP contribution in [0.15, 0.2) is 16.6 Å². The van der Waals surface area contributed by atoms with Crippen molar-refractivity contribution in [1.82, 2.24) is 0 Å². The van der Waals surface area contributed by atoms with Crippen LogP contribution in [0, 0.1) is 0 Å². The first-order valence-electron chi connectivity index (χ1n) is 3.18. The second kappa shape index (κ2) is 3.77. The van der Waals surface area contributed by atoms with Crippen molar-refractivity contribution < 1.29 is 4.79 Å². The lowest BCUT2D eigenvalue weighted by atomic mass is 10.1. The van der Waals surface area contributed by atoms with Gasteiger partial charge in [-0.25, -0.2) is 0 Å². The summed E-state index contributed by atoms with van der Waals surface area (Å²) in [5, 5.41) is 0.903. The molecule has 0 bridgehead atoms. The molecule has 0 aliphatic heterocycles. The number of hydrogen-bond acceptors (Lipinski definition) is 1. The molecule has 1 nitrogen and oxygen atoms in total. The lowest BCUT2D eigenvalue weighted by Crippen LogP contribution is -1.91. The molecule has 0 saturated heterocycles. The van der Waals surface area contributed by atoms with Crippen LogP contribution in [-0.4, -0.2) is 5.78 Å². The fourth-order valence-electron chi connectivity index (χ4n) is 0.759. The SMILES string of the molecule is CC(=O)c1cc(Cl)c(Br)c(Cl)c1. The molecule has 0 heterocycles. The van der Waals surface area contributed by atoms with Crippen molar-refractivity contribution in [2.24, 2.45) is 0 Å². The first-order chi connectivity index (χ1) is 5.52. The lowest BCUT2D eigenvalue weighted by Gasteiger charge is -2.01. The molecular weight excluding hydrogens is 263 g/mol. The van der Waals surface area contributed by atoms with Gasteiger partial charge in [0.15, 0.2) is 5.78 Å². The average Bonchev–Trinajstić information content (AvgIpc) is 1.99. The number of carbonyl (C=O) groups excluding carboxylic acids is 1. The predicted octanol–water partition coefficient (Wildman–Crippen LogP) is 3.96. The molecule has 0 saturated carbocycles. The van der Waals surface area contributed by atoms with Gasteiger partial charge in [0.2, 0.25) is 0 Å². The normalized spacial score (nSPS) is 10.0. The van der Waals surface area contributed by atoms with Crippen LogP contribution in [0.25, 0.3) is 0 Å². The van der Waals surface area contributed by atoms with Crippen molar-refractivity contribution in [2.45, 2.75) is 6.92 Å². The molecule has 64 valence electrons. The van der Waals surface area contributed by atoms with E-state index in [1.807, 2.05) is 0 Å². The molecule has 0 radical (unpaired) electrons. The number of Topliss-reactive ketones (excluding diaryl/α,β-unsaturated/α-hetero) is 1. The van der Waals surface area contributed by atoms with Crippen molar-refractivity contribution in [2.75, 3.05) is 0 Å². The lowest BCUT2D eigenvalue weighted by molar-refractivity contribution is 0.101. The van der Waals surface area contributed by atoms with Crippen molar-refractivity contribution in [3.63, 3.8) is 0 Å². The molecule has 0 aromatic heterocycles. The highest BCUT2D eigenvalue weighted by molar-refractivity contribution is 9.10. The van der Waals surface area contributed by atoms with Gasteiger partial charge in [-0.15, -0.1) is 0 Å². The van der Waals surface area contributed by atoms with Gasteiger partial charge >= 0.3 is 0 Å². The van der Waals surface area contributed by atoms with Gasteiger partial charge in [0.1, 0.15) is 0 Å². The Morgan fingerprint density at radius 3 is 2.08 bits per heavy atom. The summed E-state index contributed by atoms with van der Waals surface area (Å²) in [6, 6.07) is 3.17. The van der Waals surface area contributed by atoms with Crippen LogP contribution in [-0.2, 0) is 0 Å². The highest BCUT2D eigenvalue weighted by atomic mass is 79.9. The predicted molar refractivity (Wildman–Crippen MR) is 54.2 cm³/mol. The van der Waals surface area contributed by atoms with Gasteiger partial charge in [0, 0.05) is 5.56 Å². The molecule has 12 heavy (non-hydrogen) atoms. The van der Waals surface area contributed by atoms with Crippen LogP contribution in [0.2, 0.25) is 10.0 Å². The van der Waals surface area contributed by atoms with Gasteiger partial charge in [-0.1, -0.05) is 23.2 Å². The molecule has 0 fully saturated rings. The molecular formula is C8H5BrCl2O. The zero-order valence-corrected chi connectivity index (χ0v) is 9.29. The summed E-state index contributed by atoms with van der Waals surface area (Å²) in [6.07, 6.45) is 0. The van der Waals surface area contributed by atoms with Gasteiger partial charge < -0.3 is 0 Å². The van der Waals surface area contributed by atoms with Gasteiger partial charge in [0.25, 0.3) is 0 Å². The summed E-state index contributed by atoms with van der Waals surface area (Å²) >= 11 is 14.7. The van der Waals surface area contributed by atoms with Gasteiger partial charge in [0.05, 0.1) is 14.5 Å². The highest BCUT2D eigenvalue weighted by Crippen LogP contribution is 2.31. The van der Waals surface area contributed by atoms with E-state index in [0.29, 0.717) is 20.1 Å². The second-order valence-corrected chi connectivity index (χ2v) is 3.92. The van der Waals surface area contributed by atoms with Gasteiger partial charge in [-0.05, 0) is 35.0 Å². The summed E-state index contributed by atoms with van der Waals surface area (Å²) < 4.78 is 0.621. The Labute approximate surface area is 88.8 Å². The number of halogens is 3. The Hall–Kier alpha value is -0.0500. The Morgan fingerprint density at radius 1 is 1.33 bits per heavy atom. The summed E-state index contributed by atoms with van der Waals surface area (Å²) in [6.45, 7) is 1.47. The maximum absolute atomic E-state index is 10.9. The third-order valence-corrected chi connectivity index (χ3v) is 3.30. The van der Waals surface area contributed by atoms with E-state index < -0.39 is 0 Å². The number of rotatable bonds is 1. The minimum atomic E-state index is -0.0497. The molecule has 0 aliphatic rings. The molecule has 0 atom stereocenters. The standard InChI is InChI=1S/C8H5BrCl2O/c1-4(12)5-2-6(10)8(9)7(11)3-5/h2-3H,1H3. The van der Waals surface area contributed by atoms with E-state index in [-0.39, 0.29) is 5.78 Å². The van der Waals surface area contributed by atoms with Gasteiger partial charge in [-0.2, -0.15) is 0 Å². The first-order valence-corrected chi connectivity index (χ1v) is 4.72. The highest BCUT2D eigenvalue weighted by Gasteiger charge is 2.07. The molecule has 1 rings (SSSR count). The summed E-state index contributed by atoms with van der Waals surface area (Å²) in [5.74, 6) is -0.0497. The summed E-state index contributed by atoms with van der Waals surface area (Å²) in [7, 11) is 0. The average molecular weight is 268 g/mol. The van der Waals surface area contributed by atoms with Crippen LogP contribution in [0.5, 0.6) is 0 Å². The summed E-state index contributed by atoms with van der Waals surface area (Å²) in [5.41, 5.74) is 0.521. The van der Waals surface area contributed by atoms with Crippen molar-refractivity contribution in [3.8, 4) is 0 Å². The van der Waals surface area contributed by atoms with Crippen LogP contribution < -0.4 is 0 Å². The zero-order chi connectivity index (χ0) is 9.30. The monoisotopic (exact) mass is 266 g/mol. The Morgan fingerprint density at radius 2 is 1.75 bits per heavy atom. The number of benzene rings is 1. The van der Waals surface area contributed by atoms with Crippen LogP contribution in [0.3, 0.4) is 0 Å². The molecule has 0 aliphatic carbocycles. The van der Waals surface area contributed by atoms with Crippen LogP contribution in [0.4, 0.5) is 0 Å². The fraction of sp³-hybridized carbons (Fsp3) is 0.125. The van der Waals surface area contributed by atoms with E-state index >= 15 is 0 Å². The van der Waals surface area contributed by atoms with E-state index in [0.717, 1.165) is 0 Å². The molecule has 0 unspecified atom stereocenters. The Bertz CT molecular complexity index is 313. The van der Waals surface area contributed by atoms with E-state index in [2.05, 4.69) is 15.9 Å². The molecule has 1 aromatic rings. The van der Waals surface area contributed by atoms with Crippen LogP contribution >= 0.6 is 39.1 Å². The maximum Gasteiger partial charge on any atom is 0.159 e. The third-order valence-electron chi connectivity index (χ3n) is 1.39. The van der Waals surface area contributed by atoms with E-state index in [1.54, 1.807) is 12.1 Å². The molecule has 4 heteroatoms. The van der Waals surface area contributed by atoms with Crippen molar-refractivity contribution in [3.05, 3.63) is 32.2 Å². The van der Waals surface area contributed by atoms with Crippen molar-refractivity contribution in [1.29, 1.82) is 0 Å². The quantitative estimate of drug-likeness (QED) is 0.556. The van der Waals surface area contributed by atoms with Crippen LogP contribution in [0.1, 0.15) is 17.3 Å². The smallest absolute Gasteiger partial charge is 0.159 e. The Kier molecular flexibility index (Phi) is 3.16. The topological polar surface area (TPSA) is 17.1 Å². The van der Waals surface area contributed by atoms with Gasteiger partial charge in [-0.3, -0.25) is 4.79 Å². The number of ketones is 1. The number of carbonyl (C=O) groups is 1. The summed E-state index contributed by atoms with van der Waals surface area (Å²) in [4.78, 5) is 10.9. The molecule has 0 spiro atoms. The fourth-order valence-corrected chi connectivity index (χ4v) is 1.47. The molecule has 1 aromatic carbocycles. The largest absolute Gasteiger partial charge is 0.295 e. The Balaban J connectivity index is 3.31. The van der Waals surface area contributed by atoms with E-state index in [9.17, 15) is 4.79 Å². The second-order valence-electron chi connectivity index (χ2n) is 2.31. The molecule has 0 amide bonds. The minimum Gasteiger partial charge on any atom is -0.295 e.